The Hall–Kier alpha value is -2.54. The van der Waals surface area contributed by atoms with Gasteiger partial charge in [0.05, 0.1) is 12.0 Å². The van der Waals surface area contributed by atoms with Gasteiger partial charge < -0.3 is 10.1 Å². The lowest BCUT2D eigenvalue weighted by atomic mass is 10.2. The average molecular weight is 360 g/mol. The van der Waals surface area contributed by atoms with E-state index in [0.29, 0.717) is 22.6 Å². The van der Waals surface area contributed by atoms with Crippen molar-refractivity contribution in [2.24, 2.45) is 0 Å². The molecule has 0 atom stereocenters. The van der Waals surface area contributed by atoms with Crippen molar-refractivity contribution in [3.63, 3.8) is 0 Å². The van der Waals surface area contributed by atoms with Crippen LogP contribution >= 0.6 is 0 Å². The van der Waals surface area contributed by atoms with Gasteiger partial charge in [0, 0.05) is 17.3 Å². The molecule has 1 saturated carbocycles. The van der Waals surface area contributed by atoms with Gasteiger partial charge in [0.1, 0.15) is 5.75 Å². The Kier molecular flexibility index (Phi) is 4.67. The second kappa shape index (κ2) is 6.76. The largest absolute Gasteiger partial charge is 0.497 e. The minimum absolute atomic E-state index is 0.168. The van der Waals surface area contributed by atoms with Crippen molar-refractivity contribution < 1.29 is 17.9 Å². The normalized spacial score (nSPS) is 14.0. The molecule has 1 fully saturated rings. The Morgan fingerprint density at radius 3 is 2.56 bits per heavy atom. The van der Waals surface area contributed by atoms with Crippen LogP contribution in [-0.4, -0.2) is 27.5 Å². The predicted octanol–water partition coefficient (Wildman–Crippen LogP) is 2.70. The summed E-state index contributed by atoms with van der Waals surface area (Å²) in [6, 6.07) is 11.5. The van der Waals surface area contributed by atoms with Crippen molar-refractivity contribution in [3.05, 3.63) is 53.6 Å². The maximum atomic E-state index is 12.6. The molecule has 0 spiro atoms. The molecule has 0 aromatic heterocycles. The Morgan fingerprint density at radius 2 is 1.92 bits per heavy atom. The van der Waals surface area contributed by atoms with Gasteiger partial charge in [-0.05, 0) is 61.7 Å². The first-order valence-corrected chi connectivity index (χ1v) is 9.46. The van der Waals surface area contributed by atoms with Crippen molar-refractivity contribution in [2.45, 2.75) is 30.7 Å². The van der Waals surface area contributed by atoms with Crippen molar-refractivity contribution in [1.29, 1.82) is 0 Å². The smallest absolute Gasteiger partial charge is 0.262 e. The molecule has 0 bridgehead atoms. The summed E-state index contributed by atoms with van der Waals surface area (Å²) in [6.45, 7) is 1.70. The van der Waals surface area contributed by atoms with Crippen LogP contribution in [0.25, 0.3) is 0 Å². The highest BCUT2D eigenvalue weighted by Gasteiger charge is 2.24. The Bertz CT molecular complexity index is 905. The number of ether oxygens (including phenoxy) is 1. The minimum atomic E-state index is -3.76. The number of hydrogen-bond donors (Lipinski definition) is 2. The molecular formula is C18H20N2O4S. The van der Waals surface area contributed by atoms with Crippen LogP contribution in [0.4, 0.5) is 5.69 Å². The lowest BCUT2D eigenvalue weighted by molar-refractivity contribution is 0.0951. The quantitative estimate of drug-likeness (QED) is 0.829. The summed E-state index contributed by atoms with van der Waals surface area (Å²) < 4.78 is 32.9. The third kappa shape index (κ3) is 4.11. The highest BCUT2D eigenvalue weighted by Crippen LogP contribution is 2.24. The fourth-order valence-electron chi connectivity index (χ4n) is 2.48. The van der Waals surface area contributed by atoms with Crippen LogP contribution in [0.5, 0.6) is 5.75 Å². The summed E-state index contributed by atoms with van der Waals surface area (Å²) in [4.78, 5) is 12.3. The Balaban J connectivity index is 1.82. The summed E-state index contributed by atoms with van der Waals surface area (Å²) in [6.07, 6.45) is 1.99. The summed E-state index contributed by atoms with van der Waals surface area (Å²) in [5.74, 6) is 0.402. The van der Waals surface area contributed by atoms with Crippen LogP contribution in [-0.2, 0) is 10.0 Å². The molecule has 0 heterocycles. The molecule has 7 heteroatoms. The third-order valence-corrected chi connectivity index (χ3v) is 5.50. The molecular weight excluding hydrogens is 340 g/mol. The van der Waals surface area contributed by atoms with Gasteiger partial charge in [0.2, 0.25) is 0 Å². The SMILES string of the molecule is COc1ccc(S(=O)(=O)Nc2cccc(C(=O)NC3CC3)c2)c(C)c1. The number of amides is 1. The molecule has 0 unspecified atom stereocenters. The van der Waals surface area contributed by atoms with Gasteiger partial charge >= 0.3 is 0 Å². The maximum absolute atomic E-state index is 12.6. The van der Waals surface area contributed by atoms with E-state index in [1.165, 1.54) is 19.2 Å². The number of carbonyl (C=O) groups is 1. The van der Waals surface area contributed by atoms with E-state index in [-0.39, 0.29) is 16.8 Å². The van der Waals surface area contributed by atoms with Gasteiger partial charge in [-0.15, -0.1) is 0 Å². The number of benzene rings is 2. The zero-order chi connectivity index (χ0) is 18.0. The molecule has 0 radical (unpaired) electrons. The fourth-order valence-corrected chi connectivity index (χ4v) is 3.76. The molecule has 2 N–H and O–H groups in total. The Labute approximate surface area is 147 Å². The van der Waals surface area contributed by atoms with Crippen LogP contribution in [0.2, 0.25) is 0 Å². The summed E-state index contributed by atoms with van der Waals surface area (Å²) in [5, 5.41) is 2.88. The lowest BCUT2D eigenvalue weighted by Gasteiger charge is -2.12. The topological polar surface area (TPSA) is 84.5 Å². The highest BCUT2D eigenvalue weighted by molar-refractivity contribution is 7.92. The van der Waals surface area contributed by atoms with E-state index < -0.39 is 10.0 Å². The minimum Gasteiger partial charge on any atom is -0.497 e. The lowest BCUT2D eigenvalue weighted by Crippen LogP contribution is -2.25. The van der Waals surface area contributed by atoms with Crippen LogP contribution in [0, 0.1) is 6.92 Å². The molecule has 3 rings (SSSR count). The molecule has 6 nitrogen and oxygen atoms in total. The molecule has 25 heavy (non-hydrogen) atoms. The van der Waals surface area contributed by atoms with Crippen LogP contribution in [0.15, 0.2) is 47.4 Å². The number of methoxy groups -OCH3 is 1. The number of carbonyl (C=O) groups excluding carboxylic acids is 1. The summed E-state index contributed by atoms with van der Waals surface area (Å²) in [5.41, 5.74) is 1.35. The first kappa shape index (κ1) is 17.3. The van der Waals surface area contributed by atoms with Gasteiger partial charge in [-0.1, -0.05) is 6.07 Å². The van der Waals surface area contributed by atoms with Crippen LogP contribution in [0.1, 0.15) is 28.8 Å². The van der Waals surface area contributed by atoms with Crippen molar-refractivity contribution in [3.8, 4) is 5.75 Å². The van der Waals surface area contributed by atoms with E-state index in [2.05, 4.69) is 10.0 Å². The number of hydrogen-bond acceptors (Lipinski definition) is 4. The standard InChI is InChI=1S/C18H20N2O4S/c1-12-10-16(24-2)8-9-17(12)25(22,23)20-15-5-3-4-13(11-15)18(21)19-14-6-7-14/h3-5,8-11,14,20H,6-7H2,1-2H3,(H,19,21). The van der Waals surface area contributed by atoms with E-state index in [4.69, 9.17) is 4.74 Å². The summed E-state index contributed by atoms with van der Waals surface area (Å²) >= 11 is 0. The monoisotopic (exact) mass is 360 g/mol. The number of nitrogens with one attached hydrogen (secondary N) is 2. The van der Waals surface area contributed by atoms with Crippen LogP contribution < -0.4 is 14.8 Å². The van der Waals surface area contributed by atoms with E-state index in [1.54, 1.807) is 37.3 Å². The molecule has 2 aromatic rings. The zero-order valence-electron chi connectivity index (χ0n) is 14.1. The number of anilines is 1. The molecule has 1 aliphatic carbocycles. The molecule has 2 aromatic carbocycles. The second-order valence-corrected chi connectivity index (χ2v) is 7.72. The maximum Gasteiger partial charge on any atom is 0.262 e. The molecule has 0 aliphatic heterocycles. The van der Waals surface area contributed by atoms with E-state index in [0.717, 1.165) is 12.8 Å². The fraction of sp³-hybridized carbons (Fsp3) is 0.278. The van der Waals surface area contributed by atoms with E-state index in [9.17, 15) is 13.2 Å². The molecule has 0 saturated heterocycles. The van der Waals surface area contributed by atoms with Crippen molar-refractivity contribution in [1.82, 2.24) is 5.32 Å². The molecule has 1 amide bonds. The number of sulfonamides is 1. The average Bonchev–Trinajstić information content (AvgIpc) is 3.38. The number of aryl methyl sites for hydroxylation is 1. The van der Waals surface area contributed by atoms with Gasteiger partial charge in [0.15, 0.2) is 0 Å². The van der Waals surface area contributed by atoms with Gasteiger partial charge in [-0.3, -0.25) is 9.52 Å². The van der Waals surface area contributed by atoms with E-state index >= 15 is 0 Å². The third-order valence-electron chi connectivity index (χ3n) is 3.96. The van der Waals surface area contributed by atoms with Crippen molar-refractivity contribution >= 4 is 21.6 Å². The van der Waals surface area contributed by atoms with E-state index in [1.807, 2.05) is 0 Å². The van der Waals surface area contributed by atoms with Crippen LogP contribution in [0.3, 0.4) is 0 Å². The Morgan fingerprint density at radius 1 is 1.16 bits per heavy atom. The highest BCUT2D eigenvalue weighted by atomic mass is 32.2. The zero-order valence-corrected chi connectivity index (χ0v) is 14.9. The molecule has 1 aliphatic rings. The van der Waals surface area contributed by atoms with Crippen molar-refractivity contribution in [2.75, 3.05) is 11.8 Å². The van der Waals surface area contributed by atoms with Gasteiger partial charge in [-0.25, -0.2) is 8.42 Å². The first-order chi connectivity index (χ1) is 11.9. The second-order valence-electron chi connectivity index (χ2n) is 6.07. The van der Waals surface area contributed by atoms with Gasteiger partial charge in [0.25, 0.3) is 15.9 Å². The predicted molar refractivity (Wildman–Crippen MR) is 95.5 cm³/mol. The summed E-state index contributed by atoms with van der Waals surface area (Å²) in [7, 11) is -2.23. The molecule has 132 valence electrons. The number of rotatable bonds is 6. The first-order valence-electron chi connectivity index (χ1n) is 7.97. The van der Waals surface area contributed by atoms with Gasteiger partial charge in [-0.2, -0.15) is 0 Å².